The Morgan fingerprint density at radius 3 is 2.27 bits per heavy atom. The molecule has 0 aromatic heterocycles. The molecule has 0 N–H and O–H groups in total. The van der Waals surface area contributed by atoms with Gasteiger partial charge in [0.25, 0.3) is 5.69 Å². The maximum absolute atomic E-state index is 12.7. The Balaban J connectivity index is 1.76. The van der Waals surface area contributed by atoms with Gasteiger partial charge in [0.1, 0.15) is 0 Å². The molecule has 6 heteroatoms. The number of anilines is 1. The first-order valence-electron chi connectivity index (χ1n) is 7.30. The number of rotatable bonds is 2. The van der Waals surface area contributed by atoms with Gasteiger partial charge in [0.05, 0.1) is 22.4 Å². The number of amides is 2. The summed E-state index contributed by atoms with van der Waals surface area (Å²) in [5.41, 5.74) is 0.743. The van der Waals surface area contributed by atoms with Crippen LogP contribution in [0.3, 0.4) is 0 Å². The van der Waals surface area contributed by atoms with Crippen molar-refractivity contribution in [1.82, 2.24) is 0 Å². The fourth-order valence-corrected chi connectivity index (χ4v) is 4.09. The highest BCUT2D eigenvalue weighted by molar-refractivity contribution is 6.22. The van der Waals surface area contributed by atoms with E-state index in [1.54, 1.807) is 19.1 Å². The Hall–Kier alpha value is -2.50. The second-order valence-electron chi connectivity index (χ2n) is 6.24. The minimum atomic E-state index is -0.490. The molecule has 1 aromatic rings. The first-order chi connectivity index (χ1) is 10.5. The number of hydrogen-bond acceptors (Lipinski definition) is 4. The van der Waals surface area contributed by atoms with E-state index >= 15 is 0 Å². The minimum absolute atomic E-state index is 0.0729. The molecule has 3 aliphatic rings. The van der Waals surface area contributed by atoms with Crippen LogP contribution in [0.1, 0.15) is 12.0 Å². The Kier molecular flexibility index (Phi) is 2.55. The lowest BCUT2D eigenvalue weighted by atomic mass is 9.85. The van der Waals surface area contributed by atoms with Crippen molar-refractivity contribution in [1.29, 1.82) is 0 Å². The van der Waals surface area contributed by atoms with Gasteiger partial charge in [0.2, 0.25) is 11.8 Å². The molecule has 1 saturated heterocycles. The molecule has 22 heavy (non-hydrogen) atoms. The van der Waals surface area contributed by atoms with Gasteiger partial charge in [-0.15, -0.1) is 0 Å². The van der Waals surface area contributed by atoms with Gasteiger partial charge in [0.15, 0.2) is 0 Å². The van der Waals surface area contributed by atoms with Crippen LogP contribution in [0.15, 0.2) is 30.4 Å². The number of nitro benzene ring substituents is 1. The molecule has 2 fully saturated rings. The van der Waals surface area contributed by atoms with Gasteiger partial charge in [-0.25, -0.2) is 4.90 Å². The molecule has 2 amide bonds. The normalized spacial score (nSPS) is 32.0. The quantitative estimate of drug-likeness (QED) is 0.363. The van der Waals surface area contributed by atoms with E-state index in [1.165, 1.54) is 6.07 Å². The maximum atomic E-state index is 12.7. The summed E-state index contributed by atoms with van der Waals surface area (Å²) in [6, 6.07) is 4.50. The molecule has 4 rings (SSSR count). The Labute approximate surface area is 126 Å². The summed E-state index contributed by atoms with van der Waals surface area (Å²) < 4.78 is 0. The summed E-state index contributed by atoms with van der Waals surface area (Å²) in [4.78, 5) is 37.0. The summed E-state index contributed by atoms with van der Waals surface area (Å²) >= 11 is 0. The van der Waals surface area contributed by atoms with Crippen molar-refractivity contribution in [2.75, 3.05) is 4.90 Å². The second-order valence-corrected chi connectivity index (χ2v) is 6.24. The molecule has 0 radical (unpaired) electrons. The summed E-state index contributed by atoms with van der Waals surface area (Å²) in [7, 11) is 0. The van der Waals surface area contributed by atoms with Crippen LogP contribution in [-0.2, 0) is 9.59 Å². The number of allylic oxidation sites excluding steroid dienone is 2. The lowest BCUT2D eigenvalue weighted by molar-refractivity contribution is -0.385. The van der Waals surface area contributed by atoms with E-state index < -0.39 is 4.92 Å². The number of hydrogen-bond donors (Lipinski definition) is 0. The predicted octanol–water partition coefficient (Wildman–Crippen LogP) is 2.21. The number of fused-ring (bicyclic) bond motifs is 5. The lowest BCUT2D eigenvalue weighted by Crippen LogP contribution is -2.32. The van der Waals surface area contributed by atoms with E-state index in [0.717, 1.165) is 11.3 Å². The number of nitro groups is 1. The van der Waals surface area contributed by atoms with Crippen molar-refractivity contribution in [3.63, 3.8) is 0 Å². The largest absolute Gasteiger partial charge is 0.274 e. The summed E-state index contributed by atoms with van der Waals surface area (Å²) in [6.07, 6.45) is 4.92. The van der Waals surface area contributed by atoms with Crippen LogP contribution in [0, 0.1) is 40.7 Å². The van der Waals surface area contributed by atoms with Crippen LogP contribution in [0.25, 0.3) is 0 Å². The van der Waals surface area contributed by atoms with Crippen LogP contribution in [0.5, 0.6) is 0 Å². The van der Waals surface area contributed by atoms with Gasteiger partial charge in [-0.05, 0) is 31.2 Å². The molecule has 4 atom stereocenters. The Morgan fingerprint density at radius 1 is 1.14 bits per heavy atom. The zero-order valence-corrected chi connectivity index (χ0v) is 11.9. The molecule has 0 unspecified atom stereocenters. The molecule has 2 aliphatic carbocycles. The van der Waals surface area contributed by atoms with E-state index in [9.17, 15) is 19.7 Å². The molecule has 1 aliphatic heterocycles. The van der Waals surface area contributed by atoms with Crippen LogP contribution in [0.4, 0.5) is 11.4 Å². The van der Waals surface area contributed by atoms with E-state index in [2.05, 4.69) is 0 Å². The van der Waals surface area contributed by atoms with E-state index in [0.29, 0.717) is 11.3 Å². The highest BCUT2D eigenvalue weighted by Crippen LogP contribution is 2.53. The van der Waals surface area contributed by atoms with Gasteiger partial charge in [-0.2, -0.15) is 0 Å². The molecule has 1 heterocycles. The third-order valence-electron chi connectivity index (χ3n) is 5.12. The van der Waals surface area contributed by atoms with Gasteiger partial charge in [-0.3, -0.25) is 19.7 Å². The minimum Gasteiger partial charge on any atom is -0.274 e. The van der Waals surface area contributed by atoms with E-state index in [4.69, 9.17) is 0 Å². The van der Waals surface area contributed by atoms with Crippen molar-refractivity contribution in [3.05, 3.63) is 46.0 Å². The van der Waals surface area contributed by atoms with Crippen LogP contribution in [0.2, 0.25) is 0 Å². The first kappa shape index (κ1) is 13.2. The summed E-state index contributed by atoms with van der Waals surface area (Å²) in [5, 5.41) is 11.1. The molecule has 112 valence electrons. The maximum Gasteiger partial charge on any atom is 0.274 e. The predicted molar refractivity (Wildman–Crippen MR) is 78.0 cm³/mol. The molecule has 1 aromatic carbocycles. The number of benzene rings is 1. The van der Waals surface area contributed by atoms with Gasteiger partial charge in [-0.1, -0.05) is 18.2 Å². The van der Waals surface area contributed by atoms with Crippen molar-refractivity contribution in [2.24, 2.45) is 23.7 Å². The van der Waals surface area contributed by atoms with E-state index in [-0.39, 0.29) is 41.2 Å². The van der Waals surface area contributed by atoms with E-state index in [1.807, 2.05) is 12.2 Å². The zero-order valence-electron chi connectivity index (χ0n) is 11.9. The smallest absolute Gasteiger partial charge is 0.274 e. The number of nitrogens with zero attached hydrogens (tertiary/aromatic N) is 2. The Morgan fingerprint density at radius 2 is 1.73 bits per heavy atom. The van der Waals surface area contributed by atoms with Crippen molar-refractivity contribution >= 4 is 23.2 Å². The average Bonchev–Trinajstić information content (AvgIpc) is 3.14. The molecule has 0 spiro atoms. The molecular weight excluding hydrogens is 284 g/mol. The number of imide groups is 1. The number of carbonyl (C=O) groups is 2. The summed E-state index contributed by atoms with van der Waals surface area (Å²) in [5.74, 6) is -0.741. The molecule has 6 nitrogen and oxygen atoms in total. The fourth-order valence-electron chi connectivity index (χ4n) is 4.09. The SMILES string of the molecule is Cc1ccc(N2C(=O)[C@@H]3[C@H](C2=O)[C@H]2C=C[C@@H]3C2)cc1[N+](=O)[O-]. The number of carbonyl (C=O) groups excluding carboxylic acids is 2. The second kappa shape index (κ2) is 4.25. The first-order valence-corrected chi connectivity index (χ1v) is 7.30. The van der Waals surface area contributed by atoms with Crippen LogP contribution < -0.4 is 4.90 Å². The topological polar surface area (TPSA) is 80.5 Å². The highest BCUT2D eigenvalue weighted by atomic mass is 16.6. The van der Waals surface area contributed by atoms with Crippen molar-refractivity contribution in [3.8, 4) is 0 Å². The number of aryl methyl sites for hydroxylation is 1. The molecular formula is C16H14N2O4. The van der Waals surface area contributed by atoms with Crippen LogP contribution >= 0.6 is 0 Å². The zero-order chi connectivity index (χ0) is 15.6. The third-order valence-corrected chi connectivity index (χ3v) is 5.12. The van der Waals surface area contributed by atoms with Crippen molar-refractivity contribution < 1.29 is 14.5 Å². The van der Waals surface area contributed by atoms with Crippen molar-refractivity contribution in [2.45, 2.75) is 13.3 Å². The van der Waals surface area contributed by atoms with Crippen LogP contribution in [-0.4, -0.2) is 16.7 Å². The summed E-state index contributed by atoms with van der Waals surface area (Å²) in [6.45, 7) is 1.63. The standard InChI is InChI=1S/C16H14N2O4/c1-8-2-5-11(7-12(8)18(21)22)17-15(19)13-9-3-4-10(6-9)14(13)16(17)20/h2-5,7,9-10,13-14H,6H2,1H3/t9-,10+,13+,14-. The Bertz CT molecular complexity index is 725. The highest BCUT2D eigenvalue weighted by Gasteiger charge is 2.59. The average molecular weight is 298 g/mol. The molecule has 1 saturated carbocycles. The van der Waals surface area contributed by atoms with Gasteiger partial charge in [0, 0.05) is 11.6 Å². The van der Waals surface area contributed by atoms with Gasteiger partial charge < -0.3 is 0 Å². The van der Waals surface area contributed by atoms with Gasteiger partial charge >= 0.3 is 0 Å². The molecule has 2 bridgehead atoms. The monoisotopic (exact) mass is 298 g/mol. The lowest BCUT2D eigenvalue weighted by Gasteiger charge is -2.17. The third kappa shape index (κ3) is 1.55. The fraction of sp³-hybridized carbons (Fsp3) is 0.375.